The Morgan fingerprint density at radius 3 is 2.80 bits per heavy atom. The lowest BCUT2D eigenvalue weighted by Crippen LogP contribution is -2.30. The molecule has 1 aromatic rings. The largest absolute Gasteiger partial charge is 0.370 e. The summed E-state index contributed by atoms with van der Waals surface area (Å²) in [6.45, 7) is 0.0263. The summed E-state index contributed by atoms with van der Waals surface area (Å²) in [5, 5.41) is 0. The molecule has 1 fully saturated rings. The van der Waals surface area contributed by atoms with E-state index in [4.69, 9.17) is 4.74 Å². The third kappa shape index (κ3) is 2.56. The highest BCUT2D eigenvalue weighted by Gasteiger charge is 2.58. The first-order valence-electron chi connectivity index (χ1n) is 6.08. The van der Waals surface area contributed by atoms with Crippen LogP contribution < -0.4 is 4.31 Å². The van der Waals surface area contributed by atoms with Crippen LogP contribution in [0, 0.1) is 0 Å². The molecule has 0 aromatic heterocycles. The molecule has 1 aromatic carbocycles. The van der Waals surface area contributed by atoms with E-state index in [2.05, 4.69) is 15.9 Å². The third-order valence-electron chi connectivity index (χ3n) is 3.37. The smallest absolute Gasteiger partial charge is 0.276 e. The molecule has 1 aliphatic carbocycles. The van der Waals surface area contributed by atoms with E-state index in [0.717, 1.165) is 4.47 Å². The molecule has 0 N–H and O–H groups in total. The molecular weight excluding hydrogens is 356 g/mol. The highest BCUT2D eigenvalue weighted by Crippen LogP contribution is 2.44. The molecule has 0 spiro atoms. The van der Waals surface area contributed by atoms with Gasteiger partial charge in [-0.25, -0.2) is 17.2 Å². The molecule has 0 amide bonds. The van der Waals surface area contributed by atoms with Crippen molar-refractivity contribution in [2.24, 2.45) is 0 Å². The second kappa shape index (κ2) is 4.64. The van der Waals surface area contributed by atoms with Gasteiger partial charge in [0.1, 0.15) is 6.10 Å². The molecule has 0 saturated heterocycles. The summed E-state index contributed by atoms with van der Waals surface area (Å²) in [6, 6.07) is 5.21. The average Bonchev–Trinajstić information content (AvgIpc) is 2.83. The molecule has 1 saturated carbocycles. The van der Waals surface area contributed by atoms with Gasteiger partial charge in [-0.15, -0.1) is 0 Å². The molecule has 1 aliphatic heterocycles. The van der Waals surface area contributed by atoms with Crippen LogP contribution in [-0.2, 0) is 20.5 Å². The van der Waals surface area contributed by atoms with Gasteiger partial charge in [-0.3, -0.25) is 4.31 Å². The number of hydrogen-bond acceptors (Lipinski definition) is 3. The van der Waals surface area contributed by atoms with Crippen LogP contribution >= 0.6 is 15.9 Å². The predicted octanol–water partition coefficient (Wildman–Crippen LogP) is 2.52. The van der Waals surface area contributed by atoms with Crippen molar-refractivity contribution < 1.29 is 21.9 Å². The predicted molar refractivity (Wildman–Crippen MR) is 73.4 cm³/mol. The van der Waals surface area contributed by atoms with E-state index in [1.54, 1.807) is 18.2 Å². The average molecular weight is 368 g/mol. The van der Waals surface area contributed by atoms with Crippen LogP contribution in [0.1, 0.15) is 12.0 Å². The second-order valence-corrected chi connectivity index (χ2v) is 7.73. The van der Waals surface area contributed by atoms with Crippen LogP contribution in [0.25, 0.3) is 0 Å². The van der Waals surface area contributed by atoms with Gasteiger partial charge in [0.15, 0.2) is 0 Å². The summed E-state index contributed by atoms with van der Waals surface area (Å²) >= 11 is 3.29. The van der Waals surface area contributed by atoms with Crippen molar-refractivity contribution in [3.8, 4) is 0 Å². The highest BCUT2D eigenvalue weighted by atomic mass is 79.9. The van der Waals surface area contributed by atoms with E-state index >= 15 is 0 Å². The van der Waals surface area contributed by atoms with E-state index in [1.807, 2.05) is 0 Å². The summed E-state index contributed by atoms with van der Waals surface area (Å²) < 4.78 is 56.5. The van der Waals surface area contributed by atoms with E-state index < -0.39 is 22.0 Å². The van der Waals surface area contributed by atoms with Gasteiger partial charge >= 0.3 is 0 Å². The molecule has 1 atom stereocenters. The normalized spacial score (nSPS) is 25.6. The standard InChI is InChI=1S/C12H12BrF2NO3S/c13-9-1-2-10-8(5-9)7-20(17,18)16(10)3-4-19-11-6-12(11,14)15/h1-2,5,11H,3-4,6-7H2. The van der Waals surface area contributed by atoms with E-state index in [0.29, 0.717) is 11.3 Å². The van der Waals surface area contributed by atoms with Crippen LogP contribution in [-0.4, -0.2) is 33.6 Å². The SMILES string of the molecule is O=S1(=O)Cc2cc(Br)ccc2N1CCOC1CC1(F)F. The van der Waals surface area contributed by atoms with Gasteiger partial charge in [-0.1, -0.05) is 15.9 Å². The molecule has 110 valence electrons. The Hall–Kier alpha value is -0.730. The quantitative estimate of drug-likeness (QED) is 0.821. The fourth-order valence-corrected chi connectivity index (χ4v) is 4.26. The van der Waals surface area contributed by atoms with Gasteiger partial charge in [0, 0.05) is 10.9 Å². The number of rotatable bonds is 4. The zero-order chi connectivity index (χ0) is 14.5. The number of alkyl halides is 2. The summed E-state index contributed by atoms with van der Waals surface area (Å²) in [7, 11) is -3.42. The van der Waals surface area contributed by atoms with Gasteiger partial charge in [0.2, 0.25) is 10.0 Å². The lowest BCUT2D eigenvalue weighted by Gasteiger charge is -2.18. The van der Waals surface area contributed by atoms with Crippen LogP contribution in [0.15, 0.2) is 22.7 Å². The fraction of sp³-hybridized carbons (Fsp3) is 0.500. The Bertz CT molecular complexity index is 650. The lowest BCUT2D eigenvalue weighted by molar-refractivity contribution is 0.0163. The van der Waals surface area contributed by atoms with Gasteiger partial charge in [0.25, 0.3) is 5.92 Å². The van der Waals surface area contributed by atoms with Crippen molar-refractivity contribution in [1.82, 2.24) is 0 Å². The number of benzene rings is 1. The maximum Gasteiger partial charge on any atom is 0.276 e. The highest BCUT2D eigenvalue weighted by molar-refractivity contribution is 9.10. The van der Waals surface area contributed by atoms with Crippen molar-refractivity contribution in [1.29, 1.82) is 0 Å². The van der Waals surface area contributed by atoms with Crippen molar-refractivity contribution in [2.75, 3.05) is 17.5 Å². The number of anilines is 1. The first kappa shape index (κ1) is 14.2. The second-order valence-electron chi connectivity index (χ2n) is 4.93. The van der Waals surface area contributed by atoms with Crippen LogP contribution in [0.3, 0.4) is 0 Å². The monoisotopic (exact) mass is 367 g/mol. The molecule has 2 aliphatic rings. The molecule has 20 heavy (non-hydrogen) atoms. The Morgan fingerprint density at radius 2 is 2.15 bits per heavy atom. The Morgan fingerprint density at radius 1 is 1.45 bits per heavy atom. The summed E-state index contributed by atoms with van der Waals surface area (Å²) in [4.78, 5) is 0. The third-order valence-corrected chi connectivity index (χ3v) is 5.59. The maximum absolute atomic E-state index is 12.7. The topological polar surface area (TPSA) is 46.6 Å². The molecule has 0 bridgehead atoms. The lowest BCUT2D eigenvalue weighted by atomic mass is 10.2. The first-order chi connectivity index (χ1) is 9.29. The first-order valence-corrected chi connectivity index (χ1v) is 8.48. The summed E-state index contributed by atoms with van der Waals surface area (Å²) in [5.41, 5.74) is 1.30. The van der Waals surface area contributed by atoms with E-state index in [-0.39, 0.29) is 25.3 Å². The Kier molecular flexibility index (Phi) is 3.30. The maximum atomic E-state index is 12.7. The molecule has 8 heteroatoms. The minimum Gasteiger partial charge on any atom is -0.370 e. The van der Waals surface area contributed by atoms with Gasteiger partial charge in [-0.05, 0) is 23.8 Å². The van der Waals surface area contributed by atoms with Crippen LogP contribution in [0.2, 0.25) is 0 Å². The van der Waals surface area contributed by atoms with Crippen molar-refractivity contribution in [2.45, 2.75) is 24.2 Å². The molecule has 1 heterocycles. The Labute approximate surface area is 123 Å². The number of nitrogens with zero attached hydrogens (tertiary/aromatic N) is 1. The van der Waals surface area contributed by atoms with Crippen molar-refractivity contribution in [3.05, 3.63) is 28.2 Å². The minimum atomic E-state index is -3.42. The van der Waals surface area contributed by atoms with Gasteiger partial charge in [0.05, 0.1) is 24.6 Å². The molecular formula is C12H12BrF2NO3S. The van der Waals surface area contributed by atoms with Crippen LogP contribution in [0.5, 0.6) is 0 Å². The van der Waals surface area contributed by atoms with Crippen molar-refractivity contribution in [3.63, 3.8) is 0 Å². The van der Waals surface area contributed by atoms with E-state index in [9.17, 15) is 17.2 Å². The number of hydrogen-bond donors (Lipinski definition) is 0. The molecule has 1 unspecified atom stereocenters. The fourth-order valence-electron chi connectivity index (χ4n) is 2.24. The van der Waals surface area contributed by atoms with Crippen molar-refractivity contribution >= 4 is 31.6 Å². The Balaban J connectivity index is 1.69. The zero-order valence-corrected chi connectivity index (χ0v) is 12.8. The number of halogens is 3. The molecule has 4 nitrogen and oxygen atoms in total. The van der Waals surface area contributed by atoms with E-state index in [1.165, 1.54) is 4.31 Å². The molecule has 0 radical (unpaired) electrons. The summed E-state index contributed by atoms with van der Waals surface area (Å²) in [6.07, 6.45) is -1.33. The van der Waals surface area contributed by atoms with Gasteiger partial charge < -0.3 is 4.74 Å². The van der Waals surface area contributed by atoms with Crippen LogP contribution in [0.4, 0.5) is 14.5 Å². The van der Waals surface area contributed by atoms with Gasteiger partial charge in [-0.2, -0.15) is 0 Å². The molecule has 3 rings (SSSR count). The summed E-state index contributed by atoms with van der Waals surface area (Å²) in [5.74, 6) is -2.81. The minimum absolute atomic E-state index is 0.0327. The number of fused-ring (bicyclic) bond motifs is 1. The number of ether oxygens (including phenoxy) is 1. The zero-order valence-electron chi connectivity index (χ0n) is 10.4. The number of sulfonamides is 1.